The maximum Gasteiger partial charge on any atom is 0.0946 e. The van der Waals surface area contributed by atoms with E-state index < -0.39 is 0 Å². The molecule has 1 atom stereocenters. The van der Waals surface area contributed by atoms with Crippen molar-refractivity contribution in [3.63, 3.8) is 0 Å². The van der Waals surface area contributed by atoms with Gasteiger partial charge in [-0.2, -0.15) is 0 Å². The van der Waals surface area contributed by atoms with Crippen LogP contribution in [0.2, 0.25) is 5.02 Å². The topological polar surface area (TPSA) is 21.1 Å². The molecule has 1 aromatic heterocycles. The van der Waals surface area contributed by atoms with Gasteiger partial charge in [-0.1, -0.05) is 23.7 Å². The van der Waals surface area contributed by atoms with Crippen LogP contribution in [0.1, 0.15) is 18.4 Å². The molecule has 4 heteroatoms. The lowest BCUT2D eigenvalue weighted by molar-refractivity contribution is 0.156. The molecule has 0 radical (unpaired) electrons. The Hall–Kier alpha value is -1.32. The van der Waals surface area contributed by atoms with Crippen LogP contribution in [-0.2, 0) is 13.1 Å². The molecule has 1 unspecified atom stereocenters. The van der Waals surface area contributed by atoms with E-state index in [9.17, 15) is 0 Å². The maximum atomic E-state index is 6.06. The molecule has 106 valence electrons. The Bertz CT molecular complexity index is 538. The lowest BCUT2D eigenvalue weighted by Crippen LogP contribution is -2.36. The zero-order valence-corrected chi connectivity index (χ0v) is 12.3. The van der Waals surface area contributed by atoms with Crippen molar-refractivity contribution in [2.24, 2.45) is 5.92 Å². The second-order valence-corrected chi connectivity index (χ2v) is 6.07. The van der Waals surface area contributed by atoms with Gasteiger partial charge in [-0.15, -0.1) is 0 Å². The molecule has 1 aliphatic heterocycles. The third-order valence-corrected chi connectivity index (χ3v) is 4.16. The highest BCUT2D eigenvalue weighted by Gasteiger charge is 2.20. The molecular formula is C16H20ClN3. The molecule has 2 heterocycles. The standard InChI is InChI=1S/C16H20ClN3/c17-16-5-1-3-14(9-16)10-19-7-2-4-15(11-19)12-20-8-6-18-13-20/h1,3,5-6,8-9,13,15H,2,4,7,10-12H2. The summed E-state index contributed by atoms with van der Waals surface area (Å²) in [6.07, 6.45) is 8.41. The van der Waals surface area contributed by atoms with E-state index in [1.807, 2.05) is 24.7 Å². The first-order chi connectivity index (χ1) is 9.79. The molecule has 1 saturated heterocycles. The number of halogens is 1. The van der Waals surface area contributed by atoms with Crippen LogP contribution >= 0.6 is 11.6 Å². The average Bonchev–Trinajstić information content (AvgIpc) is 2.92. The van der Waals surface area contributed by atoms with Crippen LogP contribution < -0.4 is 0 Å². The van der Waals surface area contributed by atoms with Crippen LogP contribution in [0.4, 0.5) is 0 Å². The van der Waals surface area contributed by atoms with Crippen molar-refractivity contribution in [2.75, 3.05) is 13.1 Å². The number of aromatic nitrogens is 2. The van der Waals surface area contributed by atoms with E-state index in [2.05, 4.69) is 32.8 Å². The lowest BCUT2D eigenvalue weighted by atomic mass is 9.97. The van der Waals surface area contributed by atoms with E-state index >= 15 is 0 Å². The van der Waals surface area contributed by atoms with E-state index in [4.69, 9.17) is 11.6 Å². The second kappa shape index (κ2) is 6.42. The molecule has 3 rings (SSSR count). The zero-order chi connectivity index (χ0) is 13.8. The van der Waals surface area contributed by atoms with Gasteiger partial charge in [0.25, 0.3) is 0 Å². The Morgan fingerprint density at radius 1 is 1.35 bits per heavy atom. The Morgan fingerprint density at radius 2 is 2.30 bits per heavy atom. The van der Waals surface area contributed by atoms with Gasteiger partial charge >= 0.3 is 0 Å². The van der Waals surface area contributed by atoms with Crippen molar-refractivity contribution >= 4 is 11.6 Å². The van der Waals surface area contributed by atoms with Crippen LogP contribution in [0.3, 0.4) is 0 Å². The van der Waals surface area contributed by atoms with Crippen LogP contribution in [0.25, 0.3) is 0 Å². The van der Waals surface area contributed by atoms with Gasteiger partial charge < -0.3 is 4.57 Å². The predicted molar refractivity (Wildman–Crippen MR) is 81.7 cm³/mol. The lowest BCUT2D eigenvalue weighted by Gasteiger charge is -2.33. The Morgan fingerprint density at radius 3 is 3.10 bits per heavy atom. The molecule has 0 bridgehead atoms. The third-order valence-electron chi connectivity index (χ3n) is 3.93. The number of hydrogen-bond acceptors (Lipinski definition) is 2. The summed E-state index contributed by atoms with van der Waals surface area (Å²) in [5.41, 5.74) is 1.31. The average molecular weight is 290 g/mol. The molecular weight excluding hydrogens is 270 g/mol. The van der Waals surface area contributed by atoms with Gasteiger partial charge in [-0.25, -0.2) is 4.98 Å². The monoisotopic (exact) mass is 289 g/mol. The SMILES string of the molecule is Clc1cccc(CN2CCCC(Cn3ccnc3)C2)c1. The summed E-state index contributed by atoms with van der Waals surface area (Å²) in [5.74, 6) is 0.720. The van der Waals surface area contributed by atoms with Gasteiger partial charge in [0.2, 0.25) is 0 Å². The fourth-order valence-electron chi connectivity index (χ4n) is 3.03. The number of imidazole rings is 1. The summed E-state index contributed by atoms with van der Waals surface area (Å²) in [4.78, 5) is 6.66. The molecule has 0 aliphatic carbocycles. The first-order valence-electron chi connectivity index (χ1n) is 7.22. The second-order valence-electron chi connectivity index (χ2n) is 5.63. The van der Waals surface area contributed by atoms with Crippen LogP contribution in [0, 0.1) is 5.92 Å². The summed E-state index contributed by atoms with van der Waals surface area (Å²) in [7, 11) is 0. The maximum absolute atomic E-state index is 6.06. The highest BCUT2D eigenvalue weighted by Crippen LogP contribution is 2.21. The number of likely N-dealkylation sites (tertiary alicyclic amines) is 1. The zero-order valence-electron chi connectivity index (χ0n) is 11.6. The van der Waals surface area contributed by atoms with Crippen molar-refractivity contribution < 1.29 is 0 Å². The van der Waals surface area contributed by atoms with Crippen LogP contribution in [0.15, 0.2) is 43.0 Å². The normalized spacial score (nSPS) is 20.1. The van der Waals surface area contributed by atoms with Gasteiger partial charge in [0, 0.05) is 37.1 Å². The summed E-state index contributed by atoms with van der Waals surface area (Å²) < 4.78 is 2.19. The fraction of sp³-hybridized carbons (Fsp3) is 0.438. The minimum Gasteiger partial charge on any atom is -0.337 e. The van der Waals surface area contributed by atoms with E-state index in [0.29, 0.717) is 0 Å². The number of nitrogens with zero attached hydrogens (tertiary/aromatic N) is 3. The molecule has 1 aromatic carbocycles. The molecule has 20 heavy (non-hydrogen) atoms. The van der Waals surface area contributed by atoms with Crippen molar-refractivity contribution in [3.05, 3.63) is 53.6 Å². The van der Waals surface area contributed by atoms with Crippen molar-refractivity contribution in [1.29, 1.82) is 0 Å². The Labute approximate surface area is 125 Å². The summed E-state index contributed by atoms with van der Waals surface area (Å²) in [6.45, 7) is 4.42. The number of piperidine rings is 1. The highest BCUT2D eigenvalue weighted by atomic mass is 35.5. The van der Waals surface area contributed by atoms with Gasteiger partial charge in [0.15, 0.2) is 0 Å². The Kier molecular flexibility index (Phi) is 4.38. The Balaban J connectivity index is 1.57. The molecule has 0 spiro atoms. The number of benzene rings is 1. The van der Waals surface area contributed by atoms with E-state index in [1.54, 1.807) is 0 Å². The van der Waals surface area contributed by atoms with E-state index in [-0.39, 0.29) is 0 Å². The predicted octanol–water partition coefficient (Wildman–Crippen LogP) is 3.45. The summed E-state index contributed by atoms with van der Waals surface area (Å²) in [5, 5.41) is 0.828. The molecule has 1 fully saturated rings. The third kappa shape index (κ3) is 3.62. The summed E-state index contributed by atoms with van der Waals surface area (Å²) >= 11 is 6.06. The molecule has 2 aromatic rings. The van der Waals surface area contributed by atoms with E-state index in [1.165, 1.54) is 24.9 Å². The number of rotatable bonds is 4. The van der Waals surface area contributed by atoms with Gasteiger partial charge in [-0.3, -0.25) is 4.90 Å². The van der Waals surface area contributed by atoms with Crippen molar-refractivity contribution in [2.45, 2.75) is 25.9 Å². The largest absolute Gasteiger partial charge is 0.337 e. The quantitative estimate of drug-likeness (QED) is 0.860. The smallest absolute Gasteiger partial charge is 0.0946 e. The molecule has 0 saturated carbocycles. The van der Waals surface area contributed by atoms with Crippen molar-refractivity contribution in [1.82, 2.24) is 14.5 Å². The molecule has 0 amide bonds. The van der Waals surface area contributed by atoms with Gasteiger partial charge in [-0.05, 0) is 43.0 Å². The first kappa shape index (κ1) is 13.7. The molecule has 0 N–H and O–H groups in total. The minimum absolute atomic E-state index is 0.720. The molecule has 3 nitrogen and oxygen atoms in total. The van der Waals surface area contributed by atoms with E-state index in [0.717, 1.165) is 30.6 Å². The van der Waals surface area contributed by atoms with Crippen LogP contribution in [0.5, 0.6) is 0 Å². The van der Waals surface area contributed by atoms with Crippen LogP contribution in [-0.4, -0.2) is 27.5 Å². The summed E-state index contributed by atoms with van der Waals surface area (Å²) in [6, 6.07) is 8.19. The first-order valence-corrected chi connectivity index (χ1v) is 7.60. The fourth-order valence-corrected chi connectivity index (χ4v) is 3.24. The number of hydrogen-bond donors (Lipinski definition) is 0. The minimum atomic E-state index is 0.720. The highest BCUT2D eigenvalue weighted by molar-refractivity contribution is 6.30. The van der Waals surface area contributed by atoms with Gasteiger partial charge in [0.1, 0.15) is 0 Å². The van der Waals surface area contributed by atoms with Gasteiger partial charge in [0.05, 0.1) is 6.33 Å². The molecule has 1 aliphatic rings. The van der Waals surface area contributed by atoms with Crippen molar-refractivity contribution in [3.8, 4) is 0 Å².